The van der Waals surface area contributed by atoms with Gasteiger partial charge in [-0.3, -0.25) is 9.78 Å². The Morgan fingerprint density at radius 2 is 2.43 bits per heavy atom. The molecule has 0 saturated heterocycles. The summed E-state index contributed by atoms with van der Waals surface area (Å²) in [6.07, 6.45) is 4.04. The van der Waals surface area contributed by atoms with E-state index in [0.29, 0.717) is 18.7 Å². The van der Waals surface area contributed by atoms with Crippen molar-refractivity contribution in [1.29, 1.82) is 0 Å². The average molecular weight is 193 g/mol. The van der Waals surface area contributed by atoms with E-state index in [-0.39, 0.29) is 5.91 Å². The van der Waals surface area contributed by atoms with Gasteiger partial charge in [0.1, 0.15) is 0 Å². The van der Waals surface area contributed by atoms with Gasteiger partial charge in [0.05, 0.1) is 5.56 Å². The molecular weight excluding hydrogens is 178 g/mol. The van der Waals surface area contributed by atoms with E-state index >= 15 is 0 Å². The lowest BCUT2D eigenvalue weighted by Gasteiger charge is -2.16. The maximum Gasteiger partial charge on any atom is 0.255 e. The summed E-state index contributed by atoms with van der Waals surface area (Å²) in [6, 6.07) is 3.51. The number of pyridine rings is 1. The quantitative estimate of drug-likeness (QED) is 0.757. The molecule has 1 aromatic rings. The molecule has 0 radical (unpaired) electrons. The molecule has 4 heteroatoms. The Labute approximate surface area is 83.7 Å². The Kier molecular flexibility index (Phi) is 4.07. The first-order chi connectivity index (χ1) is 6.75. The zero-order chi connectivity index (χ0) is 10.4. The molecule has 76 valence electrons. The maximum absolute atomic E-state index is 11.7. The van der Waals surface area contributed by atoms with E-state index in [1.165, 1.54) is 0 Å². The van der Waals surface area contributed by atoms with Gasteiger partial charge in [0.2, 0.25) is 0 Å². The van der Waals surface area contributed by atoms with Crippen LogP contribution in [0, 0.1) is 0 Å². The van der Waals surface area contributed by atoms with Crippen molar-refractivity contribution in [3.8, 4) is 0 Å². The van der Waals surface area contributed by atoms with Gasteiger partial charge >= 0.3 is 0 Å². The number of hydrogen-bond acceptors (Lipinski definition) is 3. The number of carbonyl (C=O) groups excluding carboxylic acids is 1. The van der Waals surface area contributed by atoms with E-state index in [4.69, 9.17) is 5.73 Å². The highest BCUT2D eigenvalue weighted by Gasteiger charge is 2.09. The molecule has 0 aliphatic heterocycles. The molecule has 4 nitrogen and oxygen atoms in total. The van der Waals surface area contributed by atoms with E-state index in [2.05, 4.69) is 4.98 Å². The maximum atomic E-state index is 11.7. The summed E-state index contributed by atoms with van der Waals surface area (Å²) < 4.78 is 0. The minimum absolute atomic E-state index is 0.00782. The first kappa shape index (κ1) is 10.7. The van der Waals surface area contributed by atoms with Gasteiger partial charge in [0, 0.05) is 26.0 Å². The molecule has 1 aromatic heterocycles. The lowest BCUT2D eigenvalue weighted by atomic mass is 10.2. The predicted molar refractivity (Wildman–Crippen MR) is 54.9 cm³/mol. The Morgan fingerprint density at radius 3 is 3.00 bits per heavy atom. The molecule has 0 fully saturated rings. The number of amides is 1. The summed E-state index contributed by atoms with van der Waals surface area (Å²) >= 11 is 0. The van der Waals surface area contributed by atoms with Crippen LogP contribution in [-0.2, 0) is 0 Å². The van der Waals surface area contributed by atoms with E-state index in [0.717, 1.165) is 6.42 Å². The summed E-state index contributed by atoms with van der Waals surface area (Å²) in [6.45, 7) is 1.29. The first-order valence-electron chi connectivity index (χ1n) is 4.61. The zero-order valence-corrected chi connectivity index (χ0v) is 8.31. The molecule has 2 N–H and O–H groups in total. The van der Waals surface area contributed by atoms with Crippen LogP contribution in [0.25, 0.3) is 0 Å². The molecule has 1 heterocycles. The molecule has 1 amide bonds. The predicted octanol–water partition coefficient (Wildman–Crippen LogP) is 0.502. The van der Waals surface area contributed by atoms with Gasteiger partial charge in [-0.2, -0.15) is 0 Å². The van der Waals surface area contributed by atoms with Crippen molar-refractivity contribution in [3.63, 3.8) is 0 Å². The van der Waals surface area contributed by atoms with Crippen LogP contribution in [0.3, 0.4) is 0 Å². The molecule has 0 saturated carbocycles. The van der Waals surface area contributed by atoms with Crippen LogP contribution in [0.4, 0.5) is 0 Å². The third-order valence-corrected chi connectivity index (χ3v) is 1.95. The second-order valence-electron chi connectivity index (χ2n) is 3.11. The zero-order valence-electron chi connectivity index (χ0n) is 8.31. The van der Waals surface area contributed by atoms with Gasteiger partial charge in [0.25, 0.3) is 5.91 Å². The Morgan fingerprint density at radius 1 is 1.64 bits per heavy atom. The van der Waals surface area contributed by atoms with Crippen LogP contribution >= 0.6 is 0 Å². The van der Waals surface area contributed by atoms with E-state index in [9.17, 15) is 4.79 Å². The molecule has 0 spiro atoms. The van der Waals surface area contributed by atoms with Crippen LogP contribution in [0.15, 0.2) is 24.5 Å². The van der Waals surface area contributed by atoms with Gasteiger partial charge in [-0.15, -0.1) is 0 Å². The van der Waals surface area contributed by atoms with Gasteiger partial charge in [-0.05, 0) is 25.1 Å². The highest BCUT2D eigenvalue weighted by atomic mass is 16.2. The smallest absolute Gasteiger partial charge is 0.255 e. The standard InChI is InChI=1S/C10H15N3O/c1-13(7-3-5-11)10(14)9-4-2-6-12-8-9/h2,4,6,8H,3,5,7,11H2,1H3. The normalized spacial score (nSPS) is 9.86. The van der Waals surface area contributed by atoms with Crippen LogP contribution in [-0.4, -0.2) is 35.9 Å². The number of carbonyl (C=O) groups is 1. The van der Waals surface area contributed by atoms with Crippen LogP contribution in [0.1, 0.15) is 16.8 Å². The van der Waals surface area contributed by atoms with E-state index in [1.807, 2.05) is 0 Å². The summed E-state index contributed by atoms with van der Waals surface area (Å²) in [5, 5.41) is 0. The van der Waals surface area contributed by atoms with Gasteiger partial charge in [-0.25, -0.2) is 0 Å². The van der Waals surface area contributed by atoms with E-state index in [1.54, 1.807) is 36.5 Å². The third-order valence-electron chi connectivity index (χ3n) is 1.95. The second kappa shape index (κ2) is 5.34. The molecular formula is C10H15N3O. The Balaban J connectivity index is 2.57. The fraction of sp³-hybridized carbons (Fsp3) is 0.400. The first-order valence-corrected chi connectivity index (χ1v) is 4.61. The van der Waals surface area contributed by atoms with Crippen molar-refractivity contribution < 1.29 is 4.79 Å². The van der Waals surface area contributed by atoms with Crippen LogP contribution in [0.2, 0.25) is 0 Å². The SMILES string of the molecule is CN(CCCN)C(=O)c1cccnc1. The fourth-order valence-corrected chi connectivity index (χ4v) is 1.14. The van der Waals surface area contributed by atoms with Gasteiger partial charge < -0.3 is 10.6 Å². The summed E-state index contributed by atoms with van der Waals surface area (Å²) in [4.78, 5) is 17.2. The van der Waals surface area contributed by atoms with Crippen molar-refractivity contribution in [2.45, 2.75) is 6.42 Å². The summed E-state index contributed by atoms with van der Waals surface area (Å²) in [7, 11) is 1.77. The molecule has 0 aromatic carbocycles. The second-order valence-corrected chi connectivity index (χ2v) is 3.11. The molecule has 1 rings (SSSR count). The van der Waals surface area contributed by atoms with Crippen molar-refractivity contribution in [3.05, 3.63) is 30.1 Å². The highest BCUT2D eigenvalue weighted by molar-refractivity contribution is 5.93. The largest absolute Gasteiger partial charge is 0.342 e. The molecule has 0 atom stereocenters. The molecule has 0 bridgehead atoms. The number of rotatable bonds is 4. The number of nitrogens with zero attached hydrogens (tertiary/aromatic N) is 2. The van der Waals surface area contributed by atoms with Crippen molar-refractivity contribution in [1.82, 2.24) is 9.88 Å². The molecule has 0 unspecified atom stereocenters. The number of aromatic nitrogens is 1. The third kappa shape index (κ3) is 2.81. The topological polar surface area (TPSA) is 59.2 Å². The average Bonchev–Trinajstić information content (AvgIpc) is 2.26. The van der Waals surface area contributed by atoms with Crippen molar-refractivity contribution in [2.24, 2.45) is 5.73 Å². The molecule has 0 aliphatic rings. The van der Waals surface area contributed by atoms with E-state index < -0.39 is 0 Å². The number of nitrogens with two attached hydrogens (primary N) is 1. The van der Waals surface area contributed by atoms with Crippen LogP contribution < -0.4 is 5.73 Å². The fourth-order valence-electron chi connectivity index (χ4n) is 1.14. The van der Waals surface area contributed by atoms with Crippen LogP contribution in [0.5, 0.6) is 0 Å². The summed E-state index contributed by atoms with van der Waals surface area (Å²) in [5.41, 5.74) is 5.98. The minimum atomic E-state index is -0.00782. The summed E-state index contributed by atoms with van der Waals surface area (Å²) in [5.74, 6) is -0.00782. The number of hydrogen-bond donors (Lipinski definition) is 1. The Hall–Kier alpha value is -1.42. The Bertz CT molecular complexity index is 287. The molecule has 0 aliphatic carbocycles. The van der Waals surface area contributed by atoms with Crippen molar-refractivity contribution in [2.75, 3.05) is 20.1 Å². The lowest BCUT2D eigenvalue weighted by molar-refractivity contribution is 0.0794. The monoisotopic (exact) mass is 193 g/mol. The van der Waals surface area contributed by atoms with Gasteiger partial charge in [-0.1, -0.05) is 0 Å². The van der Waals surface area contributed by atoms with Crippen molar-refractivity contribution >= 4 is 5.91 Å². The highest BCUT2D eigenvalue weighted by Crippen LogP contribution is 2.01. The lowest BCUT2D eigenvalue weighted by Crippen LogP contribution is -2.28. The minimum Gasteiger partial charge on any atom is -0.342 e. The molecule has 14 heavy (non-hydrogen) atoms. The van der Waals surface area contributed by atoms with Gasteiger partial charge in [0.15, 0.2) is 0 Å².